The number of aryl methyl sites for hydroxylation is 1. The van der Waals surface area contributed by atoms with Gasteiger partial charge in [-0.2, -0.15) is 0 Å². The Hall–Kier alpha value is -3.56. The molecule has 0 radical (unpaired) electrons. The van der Waals surface area contributed by atoms with Crippen molar-refractivity contribution < 1.29 is 18.1 Å². The first-order valence-electron chi connectivity index (χ1n) is 11.4. The third-order valence-corrected chi connectivity index (χ3v) is 8.43. The van der Waals surface area contributed by atoms with Gasteiger partial charge in [0.05, 0.1) is 28.7 Å². The van der Waals surface area contributed by atoms with E-state index in [-0.39, 0.29) is 34.2 Å². The van der Waals surface area contributed by atoms with E-state index in [1.54, 1.807) is 55.5 Å². The molecule has 1 heterocycles. The van der Waals surface area contributed by atoms with Crippen LogP contribution in [-0.4, -0.2) is 20.5 Å². The Morgan fingerprint density at radius 3 is 2.67 bits per heavy atom. The Labute approximate surface area is 214 Å². The van der Waals surface area contributed by atoms with Gasteiger partial charge in [-0.3, -0.25) is 14.8 Å². The Balaban J connectivity index is 1.49. The molecule has 5 rings (SSSR count). The van der Waals surface area contributed by atoms with Crippen molar-refractivity contribution in [3.05, 3.63) is 98.6 Å². The fourth-order valence-corrected chi connectivity index (χ4v) is 6.45. The van der Waals surface area contributed by atoms with Gasteiger partial charge in [0.2, 0.25) is 0 Å². The molecule has 1 aliphatic heterocycles. The molecule has 8 nitrogen and oxygen atoms in total. The van der Waals surface area contributed by atoms with E-state index in [4.69, 9.17) is 16.3 Å². The van der Waals surface area contributed by atoms with Gasteiger partial charge >= 0.3 is 5.69 Å². The van der Waals surface area contributed by atoms with E-state index < -0.39 is 14.9 Å². The minimum absolute atomic E-state index is 0.0279. The number of hydrogen-bond donors (Lipinski definition) is 2. The molecule has 2 N–H and O–H groups in total. The smallest absolute Gasteiger partial charge is 0.311 e. The minimum atomic E-state index is -3.83. The summed E-state index contributed by atoms with van der Waals surface area (Å²) < 4.78 is 34.2. The van der Waals surface area contributed by atoms with Gasteiger partial charge in [-0.25, -0.2) is 8.42 Å². The van der Waals surface area contributed by atoms with Crippen molar-refractivity contribution in [2.75, 3.05) is 17.1 Å². The Morgan fingerprint density at radius 1 is 1.14 bits per heavy atom. The molecular formula is C26H24ClN3O5S. The molecular weight excluding hydrogens is 502 g/mol. The maximum Gasteiger partial charge on any atom is 0.311 e. The van der Waals surface area contributed by atoms with Crippen molar-refractivity contribution in [2.45, 2.75) is 30.2 Å². The van der Waals surface area contributed by atoms with E-state index in [0.717, 1.165) is 28.8 Å². The predicted octanol–water partition coefficient (Wildman–Crippen LogP) is 6.19. The van der Waals surface area contributed by atoms with Gasteiger partial charge in [0.1, 0.15) is 0 Å². The highest BCUT2D eigenvalue weighted by Crippen LogP contribution is 2.51. The predicted molar refractivity (Wildman–Crippen MR) is 139 cm³/mol. The second-order valence-electron chi connectivity index (χ2n) is 8.98. The van der Waals surface area contributed by atoms with E-state index in [1.165, 1.54) is 7.11 Å². The second-order valence-corrected chi connectivity index (χ2v) is 11.1. The number of sulfonamides is 1. The first-order valence-corrected chi connectivity index (χ1v) is 13.2. The summed E-state index contributed by atoms with van der Waals surface area (Å²) in [7, 11) is -2.43. The number of nitro groups is 1. The molecule has 186 valence electrons. The summed E-state index contributed by atoms with van der Waals surface area (Å²) in [5.74, 6) is 0.258. The number of halogens is 1. The maximum absolute atomic E-state index is 13.2. The average Bonchev–Trinajstić information content (AvgIpc) is 3.35. The number of fused-ring (bicyclic) bond motifs is 3. The lowest BCUT2D eigenvalue weighted by molar-refractivity contribution is -0.385. The second kappa shape index (κ2) is 9.15. The molecule has 0 aromatic heterocycles. The number of ether oxygens (including phenoxy) is 1. The Bertz CT molecular complexity index is 1510. The molecule has 0 bridgehead atoms. The summed E-state index contributed by atoms with van der Waals surface area (Å²) in [6.07, 6.45) is 4.93. The summed E-state index contributed by atoms with van der Waals surface area (Å²) in [5, 5.41) is 15.6. The Morgan fingerprint density at radius 2 is 1.94 bits per heavy atom. The van der Waals surface area contributed by atoms with Crippen molar-refractivity contribution in [2.24, 2.45) is 5.92 Å². The molecule has 3 atom stereocenters. The monoisotopic (exact) mass is 525 g/mol. The molecule has 2 aliphatic rings. The topological polar surface area (TPSA) is 111 Å². The highest BCUT2D eigenvalue weighted by molar-refractivity contribution is 7.92. The molecule has 0 spiro atoms. The standard InChI is InChI=1S/C26H24ClN3O5S/c1-15-12-17(27)7-9-22(15)29-36(33,34)18-8-10-23-21(14-18)19-4-3-5-20(19)26(28-23)16-6-11-25(35-2)24(13-16)30(31)32/h3-4,6-14,19-20,26,28-29H,5H2,1-2H3/t19?,20?,26-/m1/s1. The molecule has 3 aromatic carbocycles. The lowest BCUT2D eigenvalue weighted by atomic mass is 9.77. The van der Waals surface area contributed by atoms with E-state index >= 15 is 0 Å². The fraction of sp³-hybridized carbons (Fsp3) is 0.231. The zero-order chi connectivity index (χ0) is 25.6. The first-order chi connectivity index (χ1) is 17.2. The molecule has 2 unspecified atom stereocenters. The van der Waals surface area contributed by atoms with Crippen LogP contribution in [0.3, 0.4) is 0 Å². The van der Waals surface area contributed by atoms with Crippen LogP contribution in [-0.2, 0) is 10.0 Å². The van der Waals surface area contributed by atoms with Crippen molar-refractivity contribution in [1.29, 1.82) is 0 Å². The van der Waals surface area contributed by atoms with Crippen molar-refractivity contribution in [1.82, 2.24) is 0 Å². The van der Waals surface area contributed by atoms with Crippen LogP contribution >= 0.6 is 11.6 Å². The molecule has 0 saturated carbocycles. The van der Waals surface area contributed by atoms with Gasteiger partial charge in [0.15, 0.2) is 5.75 Å². The largest absolute Gasteiger partial charge is 0.490 e. The zero-order valence-electron chi connectivity index (χ0n) is 19.6. The minimum Gasteiger partial charge on any atom is -0.490 e. The highest BCUT2D eigenvalue weighted by Gasteiger charge is 2.39. The van der Waals surface area contributed by atoms with E-state index in [9.17, 15) is 18.5 Å². The average molecular weight is 526 g/mol. The maximum atomic E-state index is 13.2. The number of allylic oxidation sites excluding steroid dienone is 2. The van der Waals surface area contributed by atoms with Gasteiger partial charge in [-0.05, 0) is 78.4 Å². The van der Waals surface area contributed by atoms with Gasteiger partial charge in [-0.15, -0.1) is 0 Å². The molecule has 0 fully saturated rings. The van der Waals surface area contributed by atoms with Crippen molar-refractivity contribution >= 4 is 38.7 Å². The summed E-state index contributed by atoms with van der Waals surface area (Å²) in [6, 6.07) is 14.8. The summed E-state index contributed by atoms with van der Waals surface area (Å²) in [6.45, 7) is 1.79. The SMILES string of the molecule is COc1ccc([C@H]2Nc3ccc(S(=O)(=O)Nc4ccc(Cl)cc4C)cc3C3C=CCC32)cc1[N+](=O)[O-]. The van der Waals surface area contributed by atoms with Gasteiger partial charge in [0, 0.05) is 22.7 Å². The number of hydrogen-bond acceptors (Lipinski definition) is 6. The number of benzene rings is 3. The number of rotatable bonds is 6. The highest BCUT2D eigenvalue weighted by atomic mass is 35.5. The lowest BCUT2D eigenvalue weighted by Gasteiger charge is -2.37. The van der Waals surface area contributed by atoms with Crippen LogP contribution < -0.4 is 14.8 Å². The van der Waals surface area contributed by atoms with E-state index in [1.807, 2.05) is 6.07 Å². The van der Waals surface area contributed by atoms with Crippen LogP contribution in [0.2, 0.25) is 5.02 Å². The molecule has 0 amide bonds. The summed E-state index contributed by atoms with van der Waals surface area (Å²) in [4.78, 5) is 11.3. The van der Waals surface area contributed by atoms with E-state index in [2.05, 4.69) is 22.2 Å². The van der Waals surface area contributed by atoms with Crippen molar-refractivity contribution in [3.63, 3.8) is 0 Å². The molecule has 36 heavy (non-hydrogen) atoms. The van der Waals surface area contributed by atoms with Crippen LogP contribution in [0.5, 0.6) is 5.75 Å². The van der Waals surface area contributed by atoms with Crippen LogP contribution in [0, 0.1) is 23.0 Å². The summed E-state index contributed by atoms with van der Waals surface area (Å²) in [5.41, 5.74) is 3.56. The van der Waals surface area contributed by atoms with Crippen LogP contribution in [0.25, 0.3) is 0 Å². The van der Waals surface area contributed by atoms with Crippen molar-refractivity contribution in [3.8, 4) is 5.75 Å². The fourth-order valence-electron chi connectivity index (χ4n) is 5.06. The van der Waals surface area contributed by atoms with Gasteiger partial charge in [0.25, 0.3) is 10.0 Å². The number of methoxy groups -OCH3 is 1. The van der Waals surface area contributed by atoms with E-state index in [0.29, 0.717) is 10.7 Å². The normalized spacial score (nSPS) is 20.2. The quantitative estimate of drug-likeness (QED) is 0.225. The van der Waals surface area contributed by atoms with Crippen LogP contribution in [0.15, 0.2) is 71.6 Å². The number of nitrogens with one attached hydrogen (secondary N) is 2. The molecule has 10 heteroatoms. The lowest BCUT2D eigenvalue weighted by Crippen LogP contribution is -2.29. The van der Waals surface area contributed by atoms with Crippen LogP contribution in [0.1, 0.15) is 35.1 Å². The van der Waals surface area contributed by atoms with Gasteiger partial charge < -0.3 is 10.1 Å². The Kier molecular flexibility index (Phi) is 6.13. The zero-order valence-corrected chi connectivity index (χ0v) is 21.1. The third-order valence-electron chi connectivity index (χ3n) is 6.84. The first kappa shape index (κ1) is 24.1. The van der Waals surface area contributed by atoms with Gasteiger partial charge in [-0.1, -0.05) is 29.8 Å². The van der Waals surface area contributed by atoms with Crippen LogP contribution in [0.4, 0.5) is 17.1 Å². The third kappa shape index (κ3) is 4.29. The number of nitrogens with zero attached hydrogens (tertiary/aromatic N) is 1. The molecule has 1 aliphatic carbocycles. The number of anilines is 2. The molecule has 0 saturated heterocycles. The summed E-state index contributed by atoms with van der Waals surface area (Å²) >= 11 is 6.00. The molecule has 3 aromatic rings. The number of nitro benzene ring substituents is 1.